The molecule has 1 saturated heterocycles. The number of nitrogens with zero attached hydrogens (tertiary/aromatic N) is 2. The van der Waals surface area contributed by atoms with Crippen molar-refractivity contribution in [3.05, 3.63) is 54.2 Å². The van der Waals surface area contributed by atoms with Crippen molar-refractivity contribution in [3.8, 4) is 0 Å². The van der Waals surface area contributed by atoms with E-state index in [2.05, 4.69) is 22.8 Å². The fourth-order valence-electron chi connectivity index (χ4n) is 2.61. The molecule has 6 heteroatoms. The van der Waals surface area contributed by atoms with Crippen LogP contribution in [-0.4, -0.2) is 27.9 Å². The lowest BCUT2D eigenvalue weighted by atomic mass is 10.1. The number of hydrogen-bond donors (Lipinski definition) is 2. The van der Waals surface area contributed by atoms with Crippen LogP contribution in [0.5, 0.6) is 0 Å². The van der Waals surface area contributed by atoms with Gasteiger partial charge < -0.3 is 9.32 Å². The average Bonchev–Trinajstić information content (AvgIpc) is 3.18. The van der Waals surface area contributed by atoms with Gasteiger partial charge in [0.15, 0.2) is 0 Å². The Morgan fingerprint density at radius 2 is 2.27 bits per heavy atom. The third kappa shape index (κ3) is 3.52. The maximum atomic E-state index is 12.8. The summed E-state index contributed by atoms with van der Waals surface area (Å²) in [5, 5.41) is 0. The highest BCUT2D eigenvalue weighted by Crippen LogP contribution is 2.14. The minimum Gasteiger partial charge on any atom is -0.467 e. The first-order valence-electron chi connectivity index (χ1n) is 7.43. The Hall–Kier alpha value is -2.18. The molecule has 1 aliphatic rings. The molecule has 0 aliphatic carbocycles. The van der Waals surface area contributed by atoms with Crippen molar-refractivity contribution in [1.82, 2.24) is 20.7 Å². The van der Waals surface area contributed by atoms with Gasteiger partial charge in [0.2, 0.25) is 5.91 Å². The van der Waals surface area contributed by atoms with Gasteiger partial charge in [-0.15, -0.1) is 0 Å². The van der Waals surface area contributed by atoms with Crippen LogP contribution in [-0.2, 0) is 17.9 Å². The zero-order valence-electron chi connectivity index (χ0n) is 12.5. The molecule has 0 radical (unpaired) electrons. The third-order valence-corrected chi connectivity index (χ3v) is 3.73. The Morgan fingerprint density at radius 3 is 2.91 bits per heavy atom. The first-order chi connectivity index (χ1) is 10.7. The second-order valence-corrected chi connectivity index (χ2v) is 5.61. The van der Waals surface area contributed by atoms with Crippen LogP contribution in [0.4, 0.5) is 0 Å². The first-order valence-corrected chi connectivity index (χ1v) is 7.43. The van der Waals surface area contributed by atoms with Crippen molar-refractivity contribution in [2.45, 2.75) is 38.5 Å². The average molecular weight is 300 g/mol. The molecule has 1 aliphatic heterocycles. The van der Waals surface area contributed by atoms with Gasteiger partial charge in [0.1, 0.15) is 11.8 Å². The molecule has 6 nitrogen and oxygen atoms in total. The van der Waals surface area contributed by atoms with E-state index < -0.39 is 0 Å². The number of amides is 1. The van der Waals surface area contributed by atoms with Gasteiger partial charge in [0.25, 0.3) is 0 Å². The molecule has 2 aromatic rings. The molecule has 0 aromatic carbocycles. The number of furan rings is 1. The quantitative estimate of drug-likeness (QED) is 0.875. The maximum Gasteiger partial charge on any atom is 0.241 e. The highest BCUT2D eigenvalue weighted by Gasteiger charge is 2.30. The number of rotatable bonds is 5. The van der Waals surface area contributed by atoms with Gasteiger partial charge in [-0.3, -0.25) is 15.2 Å². The largest absolute Gasteiger partial charge is 0.467 e. The van der Waals surface area contributed by atoms with Crippen molar-refractivity contribution in [2.24, 2.45) is 0 Å². The van der Waals surface area contributed by atoms with Gasteiger partial charge in [0, 0.05) is 25.0 Å². The van der Waals surface area contributed by atoms with E-state index in [9.17, 15) is 4.79 Å². The lowest BCUT2D eigenvalue weighted by Crippen LogP contribution is -2.45. The van der Waals surface area contributed by atoms with Crippen molar-refractivity contribution in [1.29, 1.82) is 0 Å². The van der Waals surface area contributed by atoms with Crippen molar-refractivity contribution in [2.75, 3.05) is 0 Å². The van der Waals surface area contributed by atoms with Gasteiger partial charge >= 0.3 is 0 Å². The third-order valence-electron chi connectivity index (χ3n) is 3.73. The van der Waals surface area contributed by atoms with Gasteiger partial charge in [-0.1, -0.05) is 6.07 Å². The van der Waals surface area contributed by atoms with Crippen molar-refractivity contribution in [3.63, 3.8) is 0 Å². The van der Waals surface area contributed by atoms with Gasteiger partial charge in [0.05, 0.1) is 12.8 Å². The van der Waals surface area contributed by atoms with Crippen LogP contribution < -0.4 is 10.9 Å². The number of pyridine rings is 1. The van der Waals surface area contributed by atoms with Crippen LogP contribution in [0.1, 0.15) is 24.7 Å². The molecule has 2 atom stereocenters. The molecule has 0 spiro atoms. The minimum absolute atomic E-state index is 0.0668. The summed E-state index contributed by atoms with van der Waals surface area (Å²) in [6, 6.07) is 7.64. The normalized spacial score (nSPS) is 21.0. The SMILES string of the molecule is CC1CC(C(=O)N(Cc2cccnc2)Cc2ccco2)NN1. The van der Waals surface area contributed by atoms with Gasteiger partial charge in [-0.2, -0.15) is 0 Å². The molecule has 1 fully saturated rings. The van der Waals surface area contributed by atoms with Crippen LogP contribution in [0.25, 0.3) is 0 Å². The summed E-state index contributed by atoms with van der Waals surface area (Å²) < 4.78 is 5.39. The molecule has 116 valence electrons. The first kappa shape index (κ1) is 14.7. The van der Waals surface area contributed by atoms with E-state index in [1.54, 1.807) is 23.6 Å². The van der Waals surface area contributed by atoms with Crippen LogP contribution in [0, 0.1) is 0 Å². The number of nitrogens with one attached hydrogen (secondary N) is 2. The molecule has 22 heavy (non-hydrogen) atoms. The van der Waals surface area contributed by atoms with E-state index in [0.29, 0.717) is 13.1 Å². The molecular weight excluding hydrogens is 280 g/mol. The van der Waals surface area contributed by atoms with Crippen LogP contribution in [0.15, 0.2) is 47.3 Å². The zero-order valence-corrected chi connectivity index (χ0v) is 12.5. The number of hydrazine groups is 1. The Labute approximate surface area is 129 Å². The number of carbonyl (C=O) groups excluding carboxylic acids is 1. The molecular formula is C16H20N4O2. The summed E-state index contributed by atoms with van der Waals surface area (Å²) in [5.41, 5.74) is 7.16. The molecule has 3 rings (SSSR count). The standard InChI is InChI=1S/C16H20N4O2/c1-12-8-15(19-18-12)16(21)20(11-14-5-3-7-22-14)10-13-4-2-6-17-9-13/h2-7,9,12,15,18-19H,8,10-11H2,1H3. The van der Waals surface area contributed by atoms with Crippen LogP contribution >= 0.6 is 0 Å². The summed E-state index contributed by atoms with van der Waals surface area (Å²) in [6.45, 7) is 3.02. The van der Waals surface area contributed by atoms with Crippen LogP contribution in [0.2, 0.25) is 0 Å². The predicted octanol–water partition coefficient (Wildman–Crippen LogP) is 1.46. The lowest BCUT2D eigenvalue weighted by molar-refractivity contribution is -0.134. The van der Waals surface area contributed by atoms with E-state index >= 15 is 0 Å². The Balaban J connectivity index is 1.74. The highest BCUT2D eigenvalue weighted by molar-refractivity contribution is 5.82. The molecule has 3 heterocycles. The second kappa shape index (κ2) is 6.72. The van der Waals surface area contributed by atoms with Gasteiger partial charge in [-0.05, 0) is 37.1 Å². The monoisotopic (exact) mass is 300 g/mol. The molecule has 2 aromatic heterocycles. The van der Waals surface area contributed by atoms with E-state index in [4.69, 9.17) is 4.42 Å². The number of hydrogen-bond acceptors (Lipinski definition) is 5. The molecule has 0 bridgehead atoms. The topological polar surface area (TPSA) is 70.4 Å². The lowest BCUT2D eigenvalue weighted by Gasteiger charge is -2.24. The predicted molar refractivity (Wildman–Crippen MR) is 81.3 cm³/mol. The zero-order chi connectivity index (χ0) is 15.4. The van der Waals surface area contributed by atoms with E-state index in [1.807, 2.05) is 24.3 Å². The fourth-order valence-corrected chi connectivity index (χ4v) is 2.61. The smallest absolute Gasteiger partial charge is 0.241 e. The molecule has 2 N–H and O–H groups in total. The van der Waals surface area contributed by atoms with Gasteiger partial charge in [-0.25, -0.2) is 5.43 Å². The maximum absolute atomic E-state index is 12.8. The summed E-state index contributed by atoms with van der Waals surface area (Å²) in [7, 11) is 0. The van der Waals surface area contributed by atoms with Crippen molar-refractivity contribution < 1.29 is 9.21 Å². The van der Waals surface area contributed by atoms with Crippen LogP contribution in [0.3, 0.4) is 0 Å². The summed E-state index contributed by atoms with van der Waals surface area (Å²) in [5.74, 6) is 0.841. The molecule has 1 amide bonds. The van der Waals surface area contributed by atoms with E-state index in [0.717, 1.165) is 17.7 Å². The number of aromatic nitrogens is 1. The Bertz CT molecular complexity index is 600. The second-order valence-electron chi connectivity index (χ2n) is 5.61. The van der Waals surface area contributed by atoms with E-state index in [-0.39, 0.29) is 18.0 Å². The number of carbonyl (C=O) groups is 1. The fraction of sp³-hybridized carbons (Fsp3) is 0.375. The highest BCUT2D eigenvalue weighted by atomic mass is 16.3. The summed E-state index contributed by atoms with van der Waals surface area (Å²) in [4.78, 5) is 18.7. The molecule has 2 unspecified atom stereocenters. The molecule has 0 saturated carbocycles. The van der Waals surface area contributed by atoms with Crippen molar-refractivity contribution >= 4 is 5.91 Å². The Kier molecular flexibility index (Phi) is 4.50. The Morgan fingerprint density at radius 1 is 1.36 bits per heavy atom. The summed E-state index contributed by atoms with van der Waals surface area (Å²) in [6.07, 6.45) is 5.91. The summed E-state index contributed by atoms with van der Waals surface area (Å²) >= 11 is 0. The minimum atomic E-state index is -0.207. The van der Waals surface area contributed by atoms with E-state index in [1.165, 1.54) is 0 Å².